The lowest BCUT2D eigenvalue weighted by molar-refractivity contribution is -0.143. The number of amides is 1. The van der Waals surface area contributed by atoms with E-state index in [9.17, 15) is 31.1 Å². The molecule has 0 radical (unpaired) electrons. The Morgan fingerprint density at radius 3 is 1.67 bits per heavy atom. The van der Waals surface area contributed by atoms with Gasteiger partial charge in [-0.25, -0.2) is 0 Å². The average molecular weight is 313 g/mol. The van der Waals surface area contributed by atoms with Gasteiger partial charge in [0.05, 0.1) is 12.8 Å². The Morgan fingerprint density at radius 1 is 0.857 bits per heavy atom. The van der Waals surface area contributed by atoms with Crippen molar-refractivity contribution in [2.24, 2.45) is 0 Å². The largest absolute Gasteiger partial charge is 0.390 e. The van der Waals surface area contributed by atoms with Gasteiger partial charge in [-0.15, -0.1) is 0 Å². The van der Waals surface area contributed by atoms with E-state index in [1.165, 1.54) is 24.3 Å². The Morgan fingerprint density at radius 2 is 1.29 bits per heavy atom. The highest BCUT2D eigenvalue weighted by molar-refractivity contribution is 5.94. The lowest BCUT2D eigenvalue weighted by atomic mass is 10.2. The maximum atomic E-state index is 12.2. The van der Waals surface area contributed by atoms with Gasteiger partial charge < -0.3 is 4.90 Å². The molecule has 1 aromatic rings. The number of nitrogens with zero attached hydrogens (tertiary/aromatic N) is 1. The van der Waals surface area contributed by atoms with Gasteiger partial charge in [0, 0.05) is 18.7 Å². The van der Waals surface area contributed by atoms with Crippen LogP contribution in [-0.2, 0) is 0 Å². The molecule has 0 saturated carbocycles. The average Bonchev–Trinajstić information content (AvgIpc) is 2.36. The number of carbonyl (C=O) groups is 1. The Labute approximate surface area is 117 Å². The van der Waals surface area contributed by atoms with Crippen LogP contribution in [0.4, 0.5) is 26.3 Å². The zero-order valence-corrected chi connectivity index (χ0v) is 10.8. The summed E-state index contributed by atoms with van der Waals surface area (Å²) in [7, 11) is 0. The molecule has 1 amide bonds. The first-order valence-corrected chi connectivity index (χ1v) is 6.06. The molecule has 8 heteroatoms. The predicted octanol–water partition coefficient (Wildman–Crippen LogP) is 4.03. The van der Waals surface area contributed by atoms with Gasteiger partial charge in [0.1, 0.15) is 0 Å². The normalized spacial score (nSPS) is 12.3. The van der Waals surface area contributed by atoms with E-state index < -0.39 is 44.2 Å². The minimum atomic E-state index is -4.53. The van der Waals surface area contributed by atoms with E-state index in [2.05, 4.69) is 0 Å². The lowest BCUT2D eigenvalue weighted by Crippen LogP contribution is -2.36. The van der Waals surface area contributed by atoms with Gasteiger partial charge in [-0.2, -0.15) is 26.3 Å². The molecule has 21 heavy (non-hydrogen) atoms. The molecule has 118 valence electrons. The van der Waals surface area contributed by atoms with Gasteiger partial charge in [0.2, 0.25) is 0 Å². The first-order chi connectivity index (χ1) is 9.58. The summed E-state index contributed by atoms with van der Waals surface area (Å²) in [5.41, 5.74) is 0.0573. The zero-order valence-electron chi connectivity index (χ0n) is 10.8. The maximum Gasteiger partial charge on any atom is 0.390 e. The molecular formula is C13H13F6NO. The van der Waals surface area contributed by atoms with Crippen LogP contribution in [-0.4, -0.2) is 36.2 Å². The standard InChI is InChI=1S/C13H13F6NO/c14-12(15,16)6-8-20(9-7-13(17,18)19)11(21)10-4-2-1-3-5-10/h1-5H,6-9H2. The van der Waals surface area contributed by atoms with E-state index in [0.717, 1.165) is 0 Å². The van der Waals surface area contributed by atoms with Crippen LogP contribution < -0.4 is 0 Å². The highest BCUT2D eigenvalue weighted by Gasteiger charge is 2.32. The van der Waals surface area contributed by atoms with E-state index in [0.29, 0.717) is 4.90 Å². The molecule has 0 heterocycles. The van der Waals surface area contributed by atoms with Gasteiger partial charge in [-0.1, -0.05) is 18.2 Å². The van der Waals surface area contributed by atoms with E-state index in [-0.39, 0.29) is 5.56 Å². The fourth-order valence-corrected chi connectivity index (χ4v) is 1.60. The summed E-state index contributed by atoms with van der Waals surface area (Å²) < 4.78 is 73.2. The molecule has 0 aliphatic heterocycles. The molecule has 0 bridgehead atoms. The van der Waals surface area contributed by atoms with E-state index in [1.807, 2.05) is 0 Å². The van der Waals surface area contributed by atoms with Crippen molar-refractivity contribution in [1.82, 2.24) is 4.90 Å². The van der Waals surface area contributed by atoms with E-state index in [1.54, 1.807) is 6.07 Å². The summed E-state index contributed by atoms with van der Waals surface area (Å²) in [6.07, 6.45) is -11.8. The van der Waals surface area contributed by atoms with Crippen LogP contribution in [0.2, 0.25) is 0 Å². The highest BCUT2D eigenvalue weighted by Crippen LogP contribution is 2.23. The smallest absolute Gasteiger partial charge is 0.338 e. The molecule has 1 rings (SSSR count). The predicted molar refractivity (Wildman–Crippen MR) is 63.7 cm³/mol. The van der Waals surface area contributed by atoms with Crippen molar-refractivity contribution >= 4 is 5.91 Å². The number of halogens is 6. The second kappa shape index (κ2) is 6.82. The molecule has 0 aromatic heterocycles. The summed E-state index contributed by atoms with van der Waals surface area (Å²) in [5, 5.41) is 0. The van der Waals surface area contributed by atoms with Crippen molar-refractivity contribution in [3.05, 3.63) is 35.9 Å². The topological polar surface area (TPSA) is 20.3 Å². The summed E-state index contributed by atoms with van der Waals surface area (Å²) in [5.74, 6) is -0.843. The summed E-state index contributed by atoms with van der Waals surface area (Å²) in [6, 6.07) is 7.25. The second-order valence-corrected chi connectivity index (χ2v) is 4.39. The Kier molecular flexibility index (Phi) is 5.62. The van der Waals surface area contributed by atoms with Crippen molar-refractivity contribution in [2.45, 2.75) is 25.2 Å². The van der Waals surface area contributed by atoms with Crippen LogP contribution in [0.15, 0.2) is 30.3 Å². The van der Waals surface area contributed by atoms with Crippen LogP contribution in [0, 0.1) is 0 Å². The van der Waals surface area contributed by atoms with Crippen LogP contribution in [0.25, 0.3) is 0 Å². The number of alkyl halides is 6. The number of hydrogen-bond donors (Lipinski definition) is 0. The van der Waals surface area contributed by atoms with Gasteiger partial charge in [0.25, 0.3) is 5.91 Å². The quantitative estimate of drug-likeness (QED) is 0.752. The molecular weight excluding hydrogens is 300 g/mol. The number of hydrogen-bond acceptors (Lipinski definition) is 1. The minimum absolute atomic E-state index is 0.0573. The van der Waals surface area contributed by atoms with Crippen molar-refractivity contribution in [2.75, 3.05) is 13.1 Å². The molecule has 2 nitrogen and oxygen atoms in total. The van der Waals surface area contributed by atoms with Crippen molar-refractivity contribution in [1.29, 1.82) is 0 Å². The Hall–Kier alpha value is -1.73. The number of carbonyl (C=O) groups excluding carboxylic acids is 1. The third-order valence-corrected chi connectivity index (χ3v) is 2.64. The third kappa shape index (κ3) is 7.01. The lowest BCUT2D eigenvalue weighted by Gasteiger charge is -2.24. The molecule has 0 fully saturated rings. The van der Waals surface area contributed by atoms with Gasteiger partial charge in [-0.3, -0.25) is 4.79 Å². The van der Waals surface area contributed by atoms with Crippen LogP contribution in [0.1, 0.15) is 23.2 Å². The van der Waals surface area contributed by atoms with Crippen molar-refractivity contribution in [3.63, 3.8) is 0 Å². The molecule has 0 aliphatic carbocycles. The summed E-state index contributed by atoms with van der Waals surface area (Å²) >= 11 is 0. The SMILES string of the molecule is O=C(c1ccccc1)N(CCC(F)(F)F)CCC(F)(F)F. The van der Waals surface area contributed by atoms with Crippen LogP contribution in [0.5, 0.6) is 0 Å². The summed E-state index contributed by atoms with van der Waals surface area (Å²) in [4.78, 5) is 12.5. The van der Waals surface area contributed by atoms with Gasteiger partial charge >= 0.3 is 12.4 Å². The first kappa shape index (κ1) is 17.3. The third-order valence-electron chi connectivity index (χ3n) is 2.64. The summed E-state index contributed by atoms with van der Waals surface area (Å²) in [6.45, 7) is -1.60. The van der Waals surface area contributed by atoms with E-state index >= 15 is 0 Å². The number of benzene rings is 1. The Bertz CT molecular complexity index is 436. The monoisotopic (exact) mass is 313 g/mol. The molecule has 0 atom stereocenters. The first-order valence-electron chi connectivity index (χ1n) is 6.06. The highest BCUT2D eigenvalue weighted by atomic mass is 19.4. The minimum Gasteiger partial charge on any atom is -0.338 e. The second-order valence-electron chi connectivity index (χ2n) is 4.39. The zero-order chi connectivity index (χ0) is 16.1. The molecule has 0 spiro atoms. The molecule has 0 N–H and O–H groups in total. The van der Waals surface area contributed by atoms with Gasteiger partial charge in [0.15, 0.2) is 0 Å². The van der Waals surface area contributed by atoms with Crippen LogP contribution >= 0.6 is 0 Å². The van der Waals surface area contributed by atoms with Gasteiger partial charge in [-0.05, 0) is 12.1 Å². The maximum absolute atomic E-state index is 12.2. The number of rotatable bonds is 5. The Balaban J connectivity index is 2.78. The fourth-order valence-electron chi connectivity index (χ4n) is 1.60. The molecule has 1 aromatic carbocycles. The van der Waals surface area contributed by atoms with Crippen LogP contribution in [0.3, 0.4) is 0 Å². The molecule has 0 saturated heterocycles. The van der Waals surface area contributed by atoms with Crippen molar-refractivity contribution < 1.29 is 31.1 Å². The van der Waals surface area contributed by atoms with Crippen molar-refractivity contribution in [3.8, 4) is 0 Å². The molecule has 0 aliphatic rings. The fraction of sp³-hybridized carbons (Fsp3) is 0.462. The molecule has 0 unspecified atom stereocenters. The van der Waals surface area contributed by atoms with E-state index in [4.69, 9.17) is 0 Å².